The summed E-state index contributed by atoms with van der Waals surface area (Å²) in [6.45, 7) is -0.606. The van der Waals surface area contributed by atoms with Gasteiger partial charge in [0.1, 0.15) is 18.2 Å². The molecule has 0 bridgehead atoms. The van der Waals surface area contributed by atoms with Crippen LogP contribution in [0.5, 0.6) is 0 Å². The third-order valence-corrected chi connectivity index (χ3v) is 7.37. The van der Waals surface area contributed by atoms with Gasteiger partial charge in [0.15, 0.2) is 9.84 Å². The van der Waals surface area contributed by atoms with Gasteiger partial charge in [-0.3, -0.25) is 14.5 Å². The normalized spacial score (nSPS) is 20.2. The number of hydrogen-bond acceptors (Lipinski definition) is 8. The van der Waals surface area contributed by atoms with Crippen molar-refractivity contribution in [2.75, 3.05) is 6.54 Å². The summed E-state index contributed by atoms with van der Waals surface area (Å²) < 4.78 is 66.5. The molecule has 0 saturated carbocycles. The Morgan fingerprint density at radius 1 is 1.27 bits per heavy atom. The molecular weight excluding hydrogens is 467 g/mol. The molecule has 1 aliphatic heterocycles. The number of sulfone groups is 1. The van der Waals surface area contributed by atoms with Crippen LogP contribution in [-0.2, 0) is 25.6 Å². The maximum Gasteiger partial charge on any atom is 0.417 e. The van der Waals surface area contributed by atoms with Gasteiger partial charge >= 0.3 is 12.1 Å². The number of nitriles is 1. The summed E-state index contributed by atoms with van der Waals surface area (Å²) in [4.78, 5) is 31.5. The van der Waals surface area contributed by atoms with E-state index < -0.39 is 68.6 Å². The van der Waals surface area contributed by atoms with Crippen LogP contribution >= 0.6 is 0 Å². The number of carboxylic acids is 1. The maximum absolute atomic E-state index is 13.4. The van der Waals surface area contributed by atoms with E-state index in [2.05, 4.69) is 9.97 Å². The Kier molecular flexibility index (Phi) is 6.39. The highest BCUT2D eigenvalue weighted by Gasteiger charge is 2.49. The van der Waals surface area contributed by atoms with Crippen LogP contribution in [0.3, 0.4) is 0 Å². The number of likely N-dealkylation sites (tertiary alicyclic amines) is 1. The number of amides is 1. The molecule has 1 saturated heterocycles. The van der Waals surface area contributed by atoms with E-state index in [0.717, 1.165) is 29.3 Å². The average Bonchev–Trinajstić information content (AvgIpc) is 3.19. The molecule has 14 heteroatoms. The van der Waals surface area contributed by atoms with E-state index >= 15 is 0 Å². The summed E-state index contributed by atoms with van der Waals surface area (Å²) in [5.74, 6) is -2.93. The van der Waals surface area contributed by atoms with Gasteiger partial charge in [-0.05, 0) is 24.6 Å². The lowest BCUT2D eigenvalue weighted by atomic mass is 10.1. The molecule has 0 spiro atoms. The smallest absolute Gasteiger partial charge is 0.417 e. The summed E-state index contributed by atoms with van der Waals surface area (Å²) in [5, 5.41) is 17.0. The number of hydrogen-bond donors (Lipinski definition) is 2. The van der Waals surface area contributed by atoms with Gasteiger partial charge in [-0.1, -0.05) is 12.1 Å². The number of alkyl halides is 3. The maximum atomic E-state index is 13.4. The fourth-order valence-corrected chi connectivity index (χ4v) is 5.68. The number of rotatable bonds is 6. The highest BCUT2D eigenvalue weighted by molar-refractivity contribution is 7.92. The average molecular weight is 483 g/mol. The predicted octanol–water partition coefficient (Wildman–Crippen LogP) is 0.895. The van der Waals surface area contributed by atoms with Crippen molar-refractivity contribution in [3.63, 3.8) is 0 Å². The molecule has 2 heterocycles. The van der Waals surface area contributed by atoms with Crippen molar-refractivity contribution in [2.24, 2.45) is 5.73 Å². The summed E-state index contributed by atoms with van der Waals surface area (Å²) >= 11 is 0. The molecule has 33 heavy (non-hydrogen) atoms. The minimum Gasteiger partial charge on any atom is -0.480 e. The Balaban J connectivity index is 2.06. The van der Waals surface area contributed by atoms with Crippen LogP contribution in [0.4, 0.5) is 13.2 Å². The number of carboxylic acid groups (broad SMARTS) is 1. The topological polar surface area (TPSA) is 167 Å². The summed E-state index contributed by atoms with van der Waals surface area (Å²) in [6.07, 6.45) is -4.42. The van der Waals surface area contributed by atoms with Crippen molar-refractivity contribution >= 4 is 21.7 Å². The first kappa shape index (κ1) is 24.1. The molecule has 1 fully saturated rings. The number of carbonyl (C=O) groups is 2. The van der Waals surface area contributed by atoms with Crippen molar-refractivity contribution < 1.29 is 36.3 Å². The SMILES string of the molecule is N#Cc1nccc(C(C(N)=O)N2CC(S(=O)(=O)c3ccccc3C(F)(F)F)CC2C(=O)O)n1. The number of carbonyl (C=O) groups excluding carboxylic acids is 1. The molecule has 3 N–H and O–H groups in total. The van der Waals surface area contributed by atoms with Crippen molar-refractivity contribution in [1.82, 2.24) is 14.9 Å². The number of benzene rings is 1. The molecule has 10 nitrogen and oxygen atoms in total. The Morgan fingerprint density at radius 2 is 1.94 bits per heavy atom. The van der Waals surface area contributed by atoms with Crippen LogP contribution < -0.4 is 5.73 Å². The predicted molar refractivity (Wildman–Crippen MR) is 104 cm³/mol. The monoisotopic (exact) mass is 483 g/mol. The number of nitrogens with zero attached hydrogens (tertiary/aromatic N) is 4. The van der Waals surface area contributed by atoms with Gasteiger partial charge in [0.25, 0.3) is 0 Å². The van der Waals surface area contributed by atoms with Crippen LogP contribution in [0.2, 0.25) is 0 Å². The second-order valence-electron chi connectivity index (χ2n) is 7.17. The van der Waals surface area contributed by atoms with Gasteiger partial charge in [0.05, 0.1) is 21.4 Å². The van der Waals surface area contributed by atoms with Gasteiger partial charge in [-0.25, -0.2) is 18.4 Å². The second-order valence-corrected chi connectivity index (χ2v) is 9.37. The number of nitrogens with two attached hydrogens (primary N) is 1. The molecule has 3 unspecified atom stereocenters. The van der Waals surface area contributed by atoms with Gasteiger partial charge < -0.3 is 10.8 Å². The number of aromatic nitrogens is 2. The minimum atomic E-state index is -4.96. The quantitative estimate of drug-likeness (QED) is 0.606. The molecular formula is C19H16F3N5O5S. The Labute approximate surface area is 185 Å². The molecule has 174 valence electrons. The van der Waals surface area contributed by atoms with Gasteiger partial charge in [-0.15, -0.1) is 0 Å². The van der Waals surface area contributed by atoms with Crippen molar-refractivity contribution in [3.05, 3.63) is 53.6 Å². The van der Waals surface area contributed by atoms with Crippen molar-refractivity contribution in [1.29, 1.82) is 5.26 Å². The van der Waals surface area contributed by atoms with E-state index in [4.69, 9.17) is 11.0 Å². The van der Waals surface area contributed by atoms with Gasteiger partial charge in [0, 0.05) is 12.7 Å². The zero-order valence-electron chi connectivity index (χ0n) is 16.6. The summed E-state index contributed by atoms with van der Waals surface area (Å²) in [7, 11) is -4.67. The zero-order chi connectivity index (χ0) is 24.6. The molecule has 0 aliphatic carbocycles. The third kappa shape index (κ3) is 4.64. The van der Waals surface area contributed by atoms with Crippen LogP contribution in [0.25, 0.3) is 0 Å². The lowest BCUT2D eigenvalue weighted by Crippen LogP contribution is -2.44. The first-order valence-electron chi connectivity index (χ1n) is 9.29. The van der Waals surface area contributed by atoms with Crippen LogP contribution in [0, 0.1) is 11.3 Å². The van der Waals surface area contributed by atoms with Gasteiger partial charge in [0.2, 0.25) is 11.7 Å². The Bertz CT molecular complexity index is 1240. The highest BCUT2D eigenvalue weighted by atomic mass is 32.2. The first-order valence-corrected chi connectivity index (χ1v) is 10.8. The second kappa shape index (κ2) is 8.75. The standard InChI is InChI=1S/C19H16F3N5O5S/c20-19(21,22)11-3-1-2-4-14(11)33(31,32)10-7-13(18(29)30)27(9-10)16(17(24)28)12-5-6-25-15(8-23)26-12/h1-6,10,13,16H,7,9H2,(H2,24,28)(H,29,30). The fraction of sp³-hybridized carbons (Fsp3) is 0.316. The summed E-state index contributed by atoms with van der Waals surface area (Å²) in [5.41, 5.74) is 3.91. The lowest BCUT2D eigenvalue weighted by molar-refractivity contribution is -0.144. The molecule has 3 rings (SSSR count). The van der Waals surface area contributed by atoms with Crippen LogP contribution in [0.1, 0.15) is 29.5 Å². The molecule has 1 aromatic heterocycles. The van der Waals surface area contributed by atoms with Crippen LogP contribution in [0.15, 0.2) is 41.4 Å². The molecule has 3 atom stereocenters. The Hall–Kier alpha value is -3.57. The van der Waals surface area contributed by atoms with Gasteiger partial charge in [-0.2, -0.15) is 18.4 Å². The van der Waals surface area contributed by atoms with E-state index in [1.165, 1.54) is 6.07 Å². The van der Waals surface area contributed by atoms with Crippen molar-refractivity contribution in [3.8, 4) is 6.07 Å². The van der Waals surface area contributed by atoms with E-state index in [0.29, 0.717) is 6.07 Å². The van der Waals surface area contributed by atoms with E-state index in [1.807, 2.05) is 0 Å². The highest BCUT2D eigenvalue weighted by Crippen LogP contribution is 2.39. The summed E-state index contributed by atoms with van der Waals surface area (Å²) in [6, 6.07) is 3.30. The molecule has 1 amide bonds. The number of halogens is 3. The largest absolute Gasteiger partial charge is 0.480 e. The molecule has 1 aliphatic rings. The molecule has 2 aromatic rings. The lowest BCUT2D eigenvalue weighted by Gasteiger charge is -2.28. The van der Waals surface area contributed by atoms with E-state index in [1.54, 1.807) is 6.07 Å². The first-order chi connectivity index (χ1) is 15.4. The van der Waals surface area contributed by atoms with E-state index in [-0.39, 0.29) is 11.5 Å². The van der Waals surface area contributed by atoms with E-state index in [9.17, 15) is 36.3 Å². The molecule has 0 radical (unpaired) electrons. The fourth-order valence-electron chi connectivity index (χ4n) is 3.76. The zero-order valence-corrected chi connectivity index (χ0v) is 17.4. The minimum absolute atomic E-state index is 0.144. The van der Waals surface area contributed by atoms with Crippen molar-refractivity contribution in [2.45, 2.75) is 34.8 Å². The Morgan fingerprint density at radius 3 is 2.52 bits per heavy atom. The number of primary amides is 1. The molecule has 1 aromatic carbocycles. The van der Waals surface area contributed by atoms with Crippen LogP contribution in [-0.4, -0.2) is 58.1 Å². The number of aliphatic carboxylic acids is 1. The third-order valence-electron chi connectivity index (χ3n) is 5.18.